The summed E-state index contributed by atoms with van der Waals surface area (Å²) in [6.45, 7) is 3.33. The Labute approximate surface area is 122 Å². The van der Waals surface area contributed by atoms with Crippen LogP contribution in [0, 0.1) is 0 Å². The van der Waals surface area contributed by atoms with Gasteiger partial charge in [0.25, 0.3) is 5.91 Å². The van der Waals surface area contributed by atoms with E-state index in [2.05, 4.69) is 32.9 Å². The van der Waals surface area contributed by atoms with Crippen LogP contribution in [-0.2, 0) is 11.2 Å². The van der Waals surface area contributed by atoms with E-state index >= 15 is 0 Å². The fourth-order valence-electron chi connectivity index (χ4n) is 2.43. The summed E-state index contributed by atoms with van der Waals surface area (Å²) in [4.78, 5) is 12.3. The zero-order valence-electron chi connectivity index (χ0n) is 11.8. The molecule has 3 rings (SSSR count). The van der Waals surface area contributed by atoms with Crippen LogP contribution in [-0.4, -0.2) is 45.8 Å². The summed E-state index contributed by atoms with van der Waals surface area (Å²) in [5.41, 5.74) is 2.51. The molecule has 1 unspecified atom stereocenters. The van der Waals surface area contributed by atoms with Gasteiger partial charge in [-0.1, -0.05) is 13.0 Å². The molecule has 1 aromatic heterocycles. The molecule has 1 aromatic carbocycles. The first-order chi connectivity index (χ1) is 10.3. The van der Waals surface area contributed by atoms with Gasteiger partial charge < -0.3 is 10.1 Å². The number of ether oxygens (including phenoxy) is 1. The molecule has 1 aliphatic rings. The van der Waals surface area contributed by atoms with Gasteiger partial charge in [-0.25, -0.2) is 0 Å². The Hall–Kier alpha value is -2.28. The third-order valence-electron chi connectivity index (χ3n) is 3.60. The van der Waals surface area contributed by atoms with Gasteiger partial charge in [-0.3, -0.25) is 4.79 Å². The molecule has 7 nitrogen and oxygen atoms in total. The summed E-state index contributed by atoms with van der Waals surface area (Å²) < 4.78 is 5.27. The summed E-state index contributed by atoms with van der Waals surface area (Å²) >= 11 is 0. The maximum Gasteiger partial charge on any atom is 0.251 e. The minimum absolute atomic E-state index is 0.0944. The van der Waals surface area contributed by atoms with E-state index < -0.39 is 0 Å². The molecule has 7 heteroatoms. The third kappa shape index (κ3) is 2.92. The second-order valence-electron chi connectivity index (χ2n) is 4.99. The van der Waals surface area contributed by atoms with Crippen molar-refractivity contribution in [1.29, 1.82) is 0 Å². The van der Waals surface area contributed by atoms with Crippen molar-refractivity contribution in [2.45, 2.75) is 25.8 Å². The summed E-state index contributed by atoms with van der Waals surface area (Å²) in [6.07, 6.45) is 1.69. The quantitative estimate of drug-likeness (QED) is 0.873. The minimum Gasteiger partial charge on any atom is -0.379 e. The van der Waals surface area contributed by atoms with Gasteiger partial charge in [-0.2, -0.15) is 5.21 Å². The monoisotopic (exact) mass is 287 g/mol. The maximum absolute atomic E-state index is 12.3. The van der Waals surface area contributed by atoms with Crippen molar-refractivity contribution in [2.24, 2.45) is 0 Å². The number of benzene rings is 1. The fraction of sp³-hybridized carbons (Fsp3) is 0.429. The van der Waals surface area contributed by atoms with Crippen LogP contribution in [0.15, 0.2) is 18.2 Å². The Morgan fingerprint density at radius 1 is 1.52 bits per heavy atom. The van der Waals surface area contributed by atoms with Crippen molar-refractivity contribution in [2.75, 3.05) is 13.2 Å². The molecule has 21 heavy (non-hydrogen) atoms. The van der Waals surface area contributed by atoms with Gasteiger partial charge >= 0.3 is 0 Å². The largest absolute Gasteiger partial charge is 0.379 e. The van der Waals surface area contributed by atoms with E-state index in [-0.39, 0.29) is 11.9 Å². The highest BCUT2D eigenvalue weighted by molar-refractivity contribution is 5.95. The number of hydrogen-bond acceptors (Lipinski definition) is 5. The molecule has 1 fully saturated rings. The Kier molecular flexibility index (Phi) is 3.92. The second kappa shape index (κ2) is 6.01. The topological polar surface area (TPSA) is 92.8 Å². The van der Waals surface area contributed by atoms with E-state index in [1.165, 1.54) is 0 Å². The molecule has 2 heterocycles. The van der Waals surface area contributed by atoms with Crippen LogP contribution in [0.4, 0.5) is 0 Å². The molecule has 2 N–H and O–H groups in total. The van der Waals surface area contributed by atoms with Crippen LogP contribution in [0.5, 0.6) is 0 Å². The zero-order valence-corrected chi connectivity index (χ0v) is 11.8. The average Bonchev–Trinajstić information content (AvgIpc) is 3.19. The van der Waals surface area contributed by atoms with Gasteiger partial charge in [0.05, 0.1) is 12.6 Å². The van der Waals surface area contributed by atoms with E-state index in [0.29, 0.717) is 24.6 Å². The molecule has 1 saturated heterocycles. The number of aromatic nitrogens is 4. The Morgan fingerprint density at radius 3 is 3.10 bits per heavy atom. The summed E-state index contributed by atoms with van der Waals surface area (Å²) in [5.74, 6) is 0.406. The Balaban J connectivity index is 1.85. The first kappa shape index (κ1) is 13.7. The lowest BCUT2D eigenvalue weighted by molar-refractivity contribution is 0.0930. The maximum atomic E-state index is 12.3. The molecule has 0 bridgehead atoms. The smallest absolute Gasteiger partial charge is 0.251 e. The first-order valence-electron chi connectivity index (χ1n) is 7.03. The Morgan fingerprint density at radius 2 is 2.43 bits per heavy atom. The number of rotatable bonds is 4. The number of H-pyrrole nitrogens is 1. The van der Waals surface area contributed by atoms with Crippen LogP contribution in [0.2, 0.25) is 0 Å². The normalized spacial score (nSPS) is 17.9. The molecular weight excluding hydrogens is 270 g/mol. The number of amides is 1. The number of aromatic amines is 1. The van der Waals surface area contributed by atoms with Crippen molar-refractivity contribution in [3.63, 3.8) is 0 Å². The van der Waals surface area contributed by atoms with E-state index in [4.69, 9.17) is 4.74 Å². The number of carbonyl (C=O) groups is 1. The summed E-state index contributed by atoms with van der Waals surface area (Å²) in [6, 6.07) is 5.67. The van der Waals surface area contributed by atoms with Crippen molar-refractivity contribution >= 4 is 5.91 Å². The highest BCUT2D eigenvalue weighted by atomic mass is 16.5. The molecular formula is C14H17N5O2. The minimum atomic E-state index is -0.0992. The zero-order chi connectivity index (χ0) is 14.7. The fourth-order valence-corrected chi connectivity index (χ4v) is 2.43. The number of nitrogens with zero attached hydrogens (tertiary/aromatic N) is 3. The van der Waals surface area contributed by atoms with Gasteiger partial charge in [0.1, 0.15) is 0 Å². The number of carbonyl (C=O) groups excluding carboxylic acids is 1. The van der Waals surface area contributed by atoms with E-state index in [1.54, 1.807) is 0 Å². The molecule has 1 aliphatic heterocycles. The lowest BCUT2D eigenvalue weighted by atomic mass is 10.0. The predicted octanol–water partition coefficient (Wildman–Crippen LogP) is 0.948. The molecule has 0 radical (unpaired) electrons. The SMILES string of the molecule is CCc1ccc(C(=O)NC2CCOC2)cc1-c1nn[nH]n1. The molecule has 1 amide bonds. The molecule has 1 atom stereocenters. The van der Waals surface area contributed by atoms with Gasteiger partial charge in [0.2, 0.25) is 5.82 Å². The first-order valence-corrected chi connectivity index (χ1v) is 7.03. The summed E-state index contributed by atoms with van der Waals surface area (Å²) in [5, 5.41) is 17.0. The lowest BCUT2D eigenvalue weighted by Crippen LogP contribution is -2.35. The standard InChI is InChI=1S/C14H17N5O2/c1-2-9-3-4-10(7-12(9)13-16-18-19-17-13)14(20)15-11-5-6-21-8-11/h3-4,7,11H,2,5-6,8H2,1H3,(H,15,20)(H,16,17,18,19). The van der Waals surface area contributed by atoms with Crippen molar-refractivity contribution in [3.8, 4) is 11.4 Å². The van der Waals surface area contributed by atoms with E-state index in [1.807, 2.05) is 18.2 Å². The third-order valence-corrected chi connectivity index (χ3v) is 3.60. The molecule has 2 aromatic rings. The van der Waals surface area contributed by atoms with Crippen LogP contribution in [0.25, 0.3) is 11.4 Å². The highest BCUT2D eigenvalue weighted by Crippen LogP contribution is 2.22. The van der Waals surface area contributed by atoms with Gasteiger partial charge in [-0.15, -0.1) is 10.2 Å². The molecule has 110 valence electrons. The molecule has 0 aliphatic carbocycles. The van der Waals surface area contributed by atoms with Crippen molar-refractivity contribution in [3.05, 3.63) is 29.3 Å². The second-order valence-corrected chi connectivity index (χ2v) is 4.99. The van der Waals surface area contributed by atoms with Crippen LogP contribution in [0.1, 0.15) is 29.3 Å². The average molecular weight is 287 g/mol. The van der Waals surface area contributed by atoms with Crippen molar-refractivity contribution < 1.29 is 9.53 Å². The molecule has 0 saturated carbocycles. The van der Waals surface area contributed by atoms with E-state index in [0.717, 1.165) is 24.0 Å². The Bertz CT molecular complexity index is 620. The summed E-state index contributed by atoms with van der Waals surface area (Å²) in [7, 11) is 0. The van der Waals surface area contributed by atoms with Gasteiger partial charge in [0.15, 0.2) is 0 Å². The highest BCUT2D eigenvalue weighted by Gasteiger charge is 2.19. The van der Waals surface area contributed by atoms with Gasteiger partial charge in [0, 0.05) is 17.7 Å². The number of nitrogens with one attached hydrogen (secondary N) is 2. The molecule has 0 spiro atoms. The van der Waals surface area contributed by atoms with E-state index in [9.17, 15) is 4.79 Å². The predicted molar refractivity (Wildman–Crippen MR) is 75.7 cm³/mol. The number of tetrazole rings is 1. The number of aryl methyl sites for hydroxylation is 1. The van der Waals surface area contributed by atoms with Crippen LogP contribution >= 0.6 is 0 Å². The lowest BCUT2D eigenvalue weighted by Gasteiger charge is -2.12. The van der Waals surface area contributed by atoms with Crippen molar-refractivity contribution in [1.82, 2.24) is 25.9 Å². The van der Waals surface area contributed by atoms with Crippen LogP contribution < -0.4 is 5.32 Å². The number of hydrogen-bond donors (Lipinski definition) is 2. The van der Waals surface area contributed by atoms with Gasteiger partial charge in [-0.05, 0) is 35.8 Å². The van der Waals surface area contributed by atoms with Crippen LogP contribution in [0.3, 0.4) is 0 Å².